The van der Waals surface area contributed by atoms with E-state index in [2.05, 4.69) is 24.5 Å². The first-order valence-electron chi connectivity index (χ1n) is 7.00. The van der Waals surface area contributed by atoms with Gasteiger partial charge in [0.25, 0.3) is 0 Å². The summed E-state index contributed by atoms with van der Waals surface area (Å²) in [7, 11) is 0. The van der Waals surface area contributed by atoms with Gasteiger partial charge in [-0.1, -0.05) is 26.0 Å². The van der Waals surface area contributed by atoms with Crippen molar-refractivity contribution in [1.29, 1.82) is 0 Å². The summed E-state index contributed by atoms with van der Waals surface area (Å²) in [5.74, 6) is 0. The van der Waals surface area contributed by atoms with E-state index < -0.39 is 11.7 Å². The van der Waals surface area contributed by atoms with E-state index in [0.29, 0.717) is 6.04 Å². The standard InChI is InChI=1S/C15H23F3N2/c1-12(2)20-10-3-9-19-11-8-13-4-6-14(7-5-13)15(16,17)18/h4-7,12,19-20H,3,8-11H2,1-2H3. The van der Waals surface area contributed by atoms with Crippen LogP contribution >= 0.6 is 0 Å². The molecule has 2 nitrogen and oxygen atoms in total. The SMILES string of the molecule is CC(C)NCCCNCCc1ccc(C(F)(F)F)cc1. The number of benzene rings is 1. The molecule has 5 heteroatoms. The number of halogens is 3. The summed E-state index contributed by atoms with van der Waals surface area (Å²) in [6.45, 7) is 6.90. The average Bonchev–Trinajstić information content (AvgIpc) is 2.37. The first kappa shape index (κ1) is 17.0. The minimum absolute atomic E-state index is 0.502. The smallest absolute Gasteiger partial charge is 0.316 e. The second-order valence-corrected chi connectivity index (χ2v) is 5.16. The van der Waals surface area contributed by atoms with Gasteiger partial charge in [-0.15, -0.1) is 0 Å². The summed E-state index contributed by atoms with van der Waals surface area (Å²) < 4.78 is 37.1. The number of hydrogen-bond acceptors (Lipinski definition) is 2. The van der Waals surface area contributed by atoms with Crippen molar-refractivity contribution < 1.29 is 13.2 Å². The molecule has 20 heavy (non-hydrogen) atoms. The van der Waals surface area contributed by atoms with E-state index in [9.17, 15) is 13.2 Å². The fraction of sp³-hybridized carbons (Fsp3) is 0.600. The minimum Gasteiger partial charge on any atom is -0.316 e. The Kier molecular flexibility index (Phi) is 7.02. The summed E-state index contributed by atoms with van der Waals surface area (Å²) in [6.07, 6.45) is -2.46. The van der Waals surface area contributed by atoms with Crippen molar-refractivity contribution in [2.75, 3.05) is 19.6 Å². The lowest BCUT2D eigenvalue weighted by molar-refractivity contribution is -0.137. The first-order valence-corrected chi connectivity index (χ1v) is 7.00. The first-order chi connectivity index (χ1) is 9.39. The molecule has 1 rings (SSSR count). The summed E-state index contributed by atoms with van der Waals surface area (Å²) in [4.78, 5) is 0. The Hall–Kier alpha value is -1.07. The number of alkyl halides is 3. The Bertz CT molecular complexity index is 372. The molecule has 1 aromatic carbocycles. The van der Waals surface area contributed by atoms with Crippen LogP contribution in [0.4, 0.5) is 13.2 Å². The molecule has 0 spiro atoms. The van der Waals surface area contributed by atoms with Gasteiger partial charge in [0.05, 0.1) is 5.56 Å². The third-order valence-electron chi connectivity index (χ3n) is 2.95. The van der Waals surface area contributed by atoms with Crippen LogP contribution < -0.4 is 10.6 Å². The second kappa shape index (κ2) is 8.27. The van der Waals surface area contributed by atoms with Crippen molar-refractivity contribution in [1.82, 2.24) is 10.6 Å². The Morgan fingerprint density at radius 1 is 1.00 bits per heavy atom. The quantitative estimate of drug-likeness (QED) is 0.718. The Labute approximate surface area is 118 Å². The van der Waals surface area contributed by atoms with E-state index in [1.807, 2.05) is 0 Å². The summed E-state index contributed by atoms with van der Waals surface area (Å²) in [6, 6.07) is 5.88. The predicted octanol–water partition coefficient (Wildman–Crippen LogP) is 3.23. The average molecular weight is 288 g/mol. The largest absolute Gasteiger partial charge is 0.416 e. The molecule has 2 N–H and O–H groups in total. The molecule has 114 valence electrons. The van der Waals surface area contributed by atoms with Gasteiger partial charge in [-0.3, -0.25) is 0 Å². The molecule has 0 saturated heterocycles. The van der Waals surface area contributed by atoms with Crippen LogP contribution in [0.15, 0.2) is 24.3 Å². The third-order valence-corrected chi connectivity index (χ3v) is 2.95. The fourth-order valence-corrected chi connectivity index (χ4v) is 1.82. The molecule has 0 aliphatic heterocycles. The van der Waals surface area contributed by atoms with E-state index in [0.717, 1.165) is 50.2 Å². The maximum atomic E-state index is 12.4. The molecule has 0 bridgehead atoms. The van der Waals surface area contributed by atoms with Gasteiger partial charge in [0.2, 0.25) is 0 Å². The summed E-state index contributed by atoms with van der Waals surface area (Å²) in [5.41, 5.74) is 0.333. The molecule has 0 aliphatic rings. The topological polar surface area (TPSA) is 24.1 Å². The van der Waals surface area contributed by atoms with Crippen LogP contribution in [0.2, 0.25) is 0 Å². The summed E-state index contributed by atoms with van der Waals surface area (Å²) >= 11 is 0. The molecule has 0 saturated carbocycles. The van der Waals surface area contributed by atoms with Crippen LogP contribution in [0.3, 0.4) is 0 Å². The van der Waals surface area contributed by atoms with Crippen molar-refractivity contribution >= 4 is 0 Å². The molecule has 0 atom stereocenters. The molecular weight excluding hydrogens is 265 g/mol. The zero-order chi connectivity index (χ0) is 15.0. The molecular formula is C15H23F3N2. The van der Waals surface area contributed by atoms with Gasteiger partial charge in [0, 0.05) is 6.04 Å². The zero-order valence-corrected chi connectivity index (χ0v) is 12.1. The van der Waals surface area contributed by atoms with E-state index in [1.54, 1.807) is 12.1 Å². The monoisotopic (exact) mass is 288 g/mol. The van der Waals surface area contributed by atoms with Gasteiger partial charge in [-0.2, -0.15) is 13.2 Å². The van der Waals surface area contributed by atoms with Crippen molar-refractivity contribution in [3.63, 3.8) is 0 Å². The fourth-order valence-electron chi connectivity index (χ4n) is 1.82. The highest BCUT2D eigenvalue weighted by Crippen LogP contribution is 2.29. The van der Waals surface area contributed by atoms with Crippen molar-refractivity contribution in [2.24, 2.45) is 0 Å². The highest BCUT2D eigenvalue weighted by atomic mass is 19.4. The Morgan fingerprint density at radius 3 is 2.20 bits per heavy atom. The normalized spacial score (nSPS) is 12.1. The Morgan fingerprint density at radius 2 is 1.65 bits per heavy atom. The molecule has 0 radical (unpaired) electrons. The van der Waals surface area contributed by atoms with Crippen LogP contribution in [0.5, 0.6) is 0 Å². The predicted molar refractivity (Wildman–Crippen MR) is 75.8 cm³/mol. The molecule has 0 aliphatic carbocycles. The third kappa shape index (κ3) is 6.91. The molecule has 0 aromatic heterocycles. The van der Waals surface area contributed by atoms with E-state index in [-0.39, 0.29) is 0 Å². The second-order valence-electron chi connectivity index (χ2n) is 5.16. The van der Waals surface area contributed by atoms with Gasteiger partial charge in [-0.25, -0.2) is 0 Å². The van der Waals surface area contributed by atoms with E-state index in [1.165, 1.54) is 0 Å². The molecule has 0 heterocycles. The van der Waals surface area contributed by atoms with Crippen molar-refractivity contribution in [3.8, 4) is 0 Å². The number of nitrogens with one attached hydrogen (secondary N) is 2. The van der Waals surface area contributed by atoms with Gasteiger partial charge in [0.1, 0.15) is 0 Å². The highest BCUT2D eigenvalue weighted by molar-refractivity contribution is 5.24. The molecule has 0 fully saturated rings. The van der Waals surface area contributed by atoms with Crippen LogP contribution in [0.25, 0.3) is 0 Å². The lowest BCUT2D eigenvalue weighted by atomic mass is 10.1. The maximum absolute atomic E-state index is 12.4. The zero-order valence-electron chi connectivity index (χ0n) is 12.1. The summed E-state index contributed by atoms with van der Waals surface area (Å²) in [5, 5.41) is 6.62. The van der Waals surface area contributed by atoms with Gasteiger partial charge >= 0.3 is 6.18 Å². The van der Waals surface area contributed by atoms with Gasteiger partial charge in [0.15, 0.2) is 0 Å². The lowest BCUT2D eigenvalue weighted by Crippen LogP contribution is -2.27. The van der Waals surface area contributed by atoms with E-state index in [4.69, 9.17) is 0 Å². The molecule has 0 amide bonds. The van der Waals surface area contributed by atoms with Crippen LogP contribution in [-0.4, -0.2) is 25.7 Å². The van der Waals surface area contributed by atoms with Crippen LogP contribution in [0.1, 0.15) is 31.4 Å². The Balaban J connectivity index is 2.16. The maximum Gasteiger partial charge on any atom is 0.416 e. The van der Waals surface area contributed by atoms with Gasteiger partial charge < -0.3 is 10.6 Å². The van der Waals surface area contributed by atoms with Crippen molar-refractivity contribution in [3.05, 3.63) is 35.4 Å². The van der Waals surface area contributed by atoms with E-state index >= 15 is 0 Å². The lowest BCUT2D eigenvalue weighted by Gasteiger charge is -2.09. The molecule has 0 unspecified atom stereocenters. The number of hydrogen-bond donors (Lipinski definition) is 2. The van der Waals surface area contributed by atoms with Crippen LogP contribution in [0, 0.1) is 0 Å². The van der Waals surface area contributed by atoms with Gasteiger partial charge in [-0.05, 0) is 50.2 Å². The van der Waals surface area contributed by atoms with Crippen LogP contribution in [-0.2, 0) is 12.6 Å². The highest BCUT2D eigenvalue weighted by Gasteiger charge is 2.29. The minimum atomic E-state index is -4.25. The molecule has 1 aromatic rings. The van der Waals surface area contributed by atoms with Crippen molar-refractivity contribution in [2.45, 2.75) is 38.9 Å². The number of rotatable bonds is 8.